The fourth-order valence-corrected chi connectivity index (χ4v) is 1.48. The summed E-state index contributed by atoms with van der Waals surface area (Å²) in [6.07, 6.45) is -0.583. The Hall–Kier alpha value is -1.39. The van der Waals surface area contributed by atoms with E-state index in [0.29, 0.717) is 17.9 Å². The Morgan fingerprint density at radius 1 is 1.42 bits per heavy atom. The van der Waals surface area contributed by atoms with Gasteiger partial charge in [-0.2, -0.15) is 0 Å². The molecule has 1 aromatic carbocycles. The quantitative estimate of drug-likeness (QED) is 0.773. The number of ether oxygens (including phenoxy) is 1. The lowest BCUT2D eigenvalue weighted by Crippen LogP contribution is -2.42. The highest BCUT2D eigenvalue weighted by Gasteiger charge is 2.12. The molecule has 106 valence electrons. The van der Waals surface area contributed by atoms with E-state index in [-0.39, 0.29) is 17.9 Å². The van der Waals surface area contributed by atoms with Crippen molar-refractivity contribution in [2.24, 2.45) is 0 Å². The maximum Gasteiger partial charge on any atom is 0.159 e. The maximum atomic E-state index is 11.2. The van der Waals surface area contributed by atoms with Gasteiger partial charge < -0.3 is 15.2 Å². The predicted octanol–water partition coefficient (Wildman–Crippen LogP) is 2.02. The van der Waals surface area contributed by atoms with E-state index in [1.54, 1.807) is 24.3 Å². The molecule has 0 saturated carbocycles. The normalized spacial score (nSPS) is 13.1. The van der Waals surface area contributed by atoms with Gasteiger partial charge in [-0.05, 0) is 39.8 Å². The maximum absolute atomic E-state index is 11.2. The van der Waals surface area contributed by atoms with Crippen molar-refractivity contribution in [2.45, 2.75) is 39.3 Å². The van der Waals surface area contributed by atoms with Crippen molar-refractivity contribution < 1.29 is 14.6 Å². The molecule has 19 heavy (non-hydrogen) atoms. The minimum Gasteiger partial charge on any atom is -0.491 e. The number of aliphatic hydroxyl groups excluding tert-OH is 1. The van der Waals surface area contributed by atoms with Crippen LogP contribution in [-0.4, -0.2) is 35.7 Å². The lowest BCUT2D eigenvalue weighted by atomic mass is 10.1. The second-order valence-electron chi connectivity index (χ2n) is 5.68. The number of rotatable bonds is 6. The molecule has 1 aromatic rings. The Morgan fingerprint density at radius 2 is 2.11 bits per heavy atom. The Morgan fingerprint density at radius 3 is 2.68 bits per heavy atom. The van der Waals surface area contributed by atoms with E-state index >= 15 is 0 Å². The zero-order valence-corrected chi connectivity index (χ0v) is 12.1. The molecule has 0 fully saturated rings. The molecule has 0 heterocycles. The van der Waals surface area contributed by atoms with E-state index < -0.39 is 6.10 Å². The number of hydrogen-bond donors (Lipinski definition) is 2. The lowest BCUT2D eigenvalue weighted by molar-refractivity contribution is 0.0991. The van der Waals surface area contributed by atoms with Crippen LogP contribution in [0, 0.1) is 0 Å². The van der Waals surface area contributed by atoms with Crippen molar-refractivity contribution in [1.82, 2.24) is 5.32 Å². The summed E-state index contributed by atoms with van der Waals surface area (Å²) in [7, 11) is 0. The molecular weight excluding hydrogens is 242 g/mol. The van der Waals surface area contributed by atoms with Crippen LogP contribution in [0.2, 0.25) is 0 Å². The van der Waals surface area contributed by atoms with Crippen LogP contribution in [0.4, 0.5) is 0 Å². The molecule has 2 N–H and O–H groups in total. The monoisotopic (exact) mass is 265 g/mol. The minimum atomic E-state index is -0.583. The van der Waals surface area contributed by atoms with Crippen molar-refractivity contribution in [2.75, 3.05) is 13.2 Å². The van der Waals surface area contributed by atoms with Crippen molar-refractivity contribution in [1.29, 1.82) is 0 Å². The summed E-state index contributed by atoms with van der Waals surface area (Å²) < 4.78 is 5.48. The molecule has 1 unspecified atom stereocenters. The van der Waals surface area contributed by atoms with Gasteiger partial charge in [0.05, 0.1) is 0 Å². The Balaban J connectivity index is 2.44. The molecule has 0 saturated heterocycles. The van der Waals surface area contributed by atoms with Gasteiger partial charge in [0.2, 0.25) is 0 Å². The third kappa shape index (κ3) is 6.36. The molecule has 1 rings (SSSR count). The van der Waals surface area contributed by atoms with Gasteiger partial charge in [-0.3, -0.25) is 4.79 Å². The molecule has 0 radical (unpaired) electrons. The molecule has 1 atom stereocenters. The summed E-state index contributed by atoms with van der Waals surface area (Å²) in [6.45, 7) is 8.30. The van der Waals surface area contributed by atoms with E-state index in [0.717, 1.165) is 0 Å². The summed E-state index contributed by atoms with van der Waals surface area (Å²) in [4.78, 5) is 11.2. The molecule has 4 heteroatoms. The molecule has 0 spiro atoms. The third-order valence-corrected chi connectivity index (χ3v) is 2.55. The Bertz CT molecular complexity index is 424. The van der Waals surface area contributed by atoms with Gasteiger partial charge in [0.25, 0.3) is 0 Å². The van der Waals surface area contributed by atoms with Crippen LogP contribution in [0.25, 0.3) is 0 Å². The topological polar surface area (TPSA) is 58.6 Å². The SMILES string of the molecule is CC(=O)c1cccc(OCC(O)CNC(C)(C)C)c1. The van der Waals surface area contributed by atoms with Gasteiger partial charge in [-0.25, -0.2) is 0 Å². The van der Waals surface area contributed by atoms with Crippen LogP contribution in [0.15, 0.2) is 24.3 Å². The highest BCUT2D eigenvalue weighted by atomic mass is 16.5. The predicted molar refractivity (Wildman–Crippen MR) is 75.7 cm³/mol. The second kappa shape index (κ2) is 6.68. The number of carbonyl (C=O) groups is 1. The summed E-state index contributed by atoms with van der Waals surface area (Å²) in [6, 6.07) is 6.97. The Labute approximate surface area is 114 Å². The number of hydrogen-bond acceptors (Lipinski definition) is 4. The van der Waals surface area contributed by atoms with Crippen LogP contribution in [0.3, 0.4) is 0 Å². The first-order valence-electron chi connectivity index (χ1n) is 6.45. The average Bonchev–Trinajstić information content (AvgIpc) is 2.33. The molecule has 0 aliphatic rings. The first-order chi connectivity index (χ1) is 8.78. The first kappa shape index (κ1) is 15.7. The van der Waals surface area contributed by atoms with Crippen LogP contribution < -0.4 is 10.1 Å². The largest absolute Gasteiger partial charge is 0.491 e. The number of ketones is 1. The van der Waals surface area contributed by atoms with Crippen LogP contribution in [-0.2, 0) is 0 Å². The van der Waals surface area contributed by atoms with Gasteiger partial charge in [0.1, 0.15) is 18.5 Å². The zero-order chi connectivity index (χ0) is 14.5. The summed E-state index contributed by atoms with van der Waals surface area (Å²) in [5.74, 6) is 0.600. The van der Waals surface area contributed by atoms with Crippen molar-refractivity contribution in [3.8, 4) is 5.75 Å². The second-order valence-corrected chi connectivity index (χ2v) is 5.68. The van der Waals surface area contributed by atoms with E-state index in [4.69, 9.17) is 4.74 Å². The summed E-state index contributed by atoms with van der Waals surface area (Å²) in [5.41, 5.74) is 0.579. The molecule has 4 nitrogen and oxygen atoms in total. The molecular formula is C15H23NO3. The standard InChI is InChI=1S/C15H23NO3/c1-11(17)12-6-5-7-14(8-12)19-10-13(18)9-16-15(2,3)4/h5-8,13,16,18H,9-10H2,1-4H3. The lowest BCUT2D eigenvalue weighted by Gasteiger charge is -2.23. The highest BCUT2D eigenvalue weighted by molar-refractivity contribution is 5.94. The average molecular weight is 265 g/mol. The zero-order valence-electron chi connectivity index (χ0n) is 12.1. The van der Waals surface area contributed by atoms with Gasteiger partial charge in [-0.1, -0.05) is 12.1 Å². The number of aliphatic hydroxyl groups is 1. The molecule has 0 bridgehead atoms. The molecule has 0 aromatic heterocycles. The number of nitrogens with one attached hydrogen (secondary N) is 1. The van der Waals surface area contributed by atoms with Gasteiger partial charge in [0.15, 0.2) is 5.78 Å². The molecule has 0 aliphatic heterocycles. The first-order valence-corrected chi connectivity index (χ1v) is 6.45. The number of benzene rings is 1. The molecule has 0 amide bonds. The van der Waals surface area contributed by atoms with Gasteiger partial charge in [0, 0.05) is 17.6 Å². The van der Waals surface area contributed by atoms with E-state index in [1.807, 2.05) is 20.8 Å². The van der Waals surface area contributed by atoms with Crippen LogP contribution in [0.5, 0.6) is 5.75 Å². The van der Waals surface area contributed by atoms with E-state index in [1.165, 1.54) is 6.92 Å². The fourth-order valence-electron chi connectivity index (χ4n) is 1.48. The Kier molecular flexibility index (Phi) is 5.51. The number of β-amino-alcohol motifs (C(OH)–C–C–N with tert-alkyl or cyclic N) is 1. The van der Waals surface area contributed by atoms with Gasteiger partial charge >= 0.3 is 0 Å². The molecule has 0 aliphatic carbocycles. The summed E-state index contributed by atoms with van der Waals surface area (Å²) in [5, 5.41) is 13.0. The van der Waals surface area contributed by atoms with Crippen molar-refractivity contribution in [3.05, 3.63) is 29.8 Å². The van der Waals surface area contributed by atoms with Crippen LogP contribution >= 0.6 is 0 Å². The van der Waals surface area contributed by atoms with E-state index in [2.05, 4.69) is 5.32 Å². The summed E-state index contributed by atoms with van der Waals surface area (Å²) >= 11 is 0. The number of Topliss-reactive ketones (excluding diaryl/α,β-unsaturated/α-hetero) is 1. The van der Waals surface area contributed by atoms with Crippen molar-refractivity contribution in [3.63, 3.8) is 0 Å². The number of carbonyl (C=O) groups excluding carboxylic acids is 1. The smallest absolute Gasteiger partial charge is 0.159 e. The van der Waals surface area contributed by atoms with Crippen LogP contribution in [0.1, 0.15) is 38.1 Å². The highest BCUT2D eigenvalue weighted by Crippen LogP contribution is 2.14. The van der Waals surface area contributed by atoms with E-state index in [9.17, 15) is 9.90 Å². The fraction of sp³-hybridized carbons (Fsp3) is 0.533. The van der Waals surface area contributed by atoms with Crippen molar-refractivity contribution >= 4 is 5.78 Å². The third-order valence-electron chi connectivity index (χ3n) is 2.55. The van der Waals surface area contributed by atoms with Gasteiger partial charge in [-0.15, -0.1) is 0 Å². The minimum absolute atomic E-state index is 0.000368.